The number of nitro benzene ring substituents is 1. The van der Waals surface area contributed by atoms with Gasteiger partial charge in [-0.05, 0) is 37.5 Å². The number of hydrogen-bond acceptors (Lipinski definition) is 4. The highest BCUT2D eigenvalue weighted by Crippen LogP contribution is 2.28. The number of nitro groups is 1. The first-order valence-corrected chi connectivity index (χ1v) is 6.59. The van der Waals surface area contributed by atoms with Crippen LogP contribution in [0.5, 0.6) is 5.75 Å². The molecule has 0 spiro atoms. The summed E-state index contributed by atoms with van der Waals surface area (Å²) in [6.45, 7) is 0. The van der Waals surface area contributed by atoms with Gasteiger partial charge in [0.2, 0.25) is 0 Å². The number of carbonyl (C=O) groups is 1. The van der Waals surface area contributed by atoms with Crippen LogP contribution in [0.3, 0.4) is 0 Å². The average molecular weight is 289 g/mol. The van der Waals surface area contributed by atoms with Crippen LogP contribution in [0.4, 0.5) is 5.69 Å². The van der Waals surface area contributed by atoms with Gasteiger partial charge in [-0.3, -0.25) is 10.1 Å². The number of ether oxygens (including phenoxy) is 1. The quantitative estimate of drug-likeness (QED) is 0.389. The smallest absolute Gasteiger partial charge is 0.328 e. The third-order valence-corrected chi connectivity index (χ3v) is 3.10. The van der Waals surface area contributed by atoms with Crippen molar-refractivity contribution in [1.29, 1.82) is 0 Å². The Hall–Kier alpha value is -2.63. The molecule has 2 rings (SSSR count). The van der Waals surface area contributed by atoms with Gasteiger partial charge in [0.1, 0.15) is 11.9 Å². The second-order valence-corrected chi connectivity index (χ2v) is 4.67. The van der Waals surface area contributed by atoms with Gasteiger partial charge in [0.25, 0.3) is 5.69 Å². The van der Waals surface area contributed by atoms with Gasteiger partial charge >= 0.3 is 5.97 Å². The summed E-state index contributed by atoms with van der Waals surface area (Å²) in [5.74, 6) is -0.681. The number of carboxylic acids is 1. The fourth-order valence-corrected chi connectivity index (χ4v) is 2.09. The molecule has 1 aliphatic carbocycles. The molecule has 1 aromatic carbocycles. The largest absolute Gasteiger partial charge is 0.486 e. The Morgan fingerprint density at radius 2 is 2.29 bits per heavy atom. The van der Waals surface area contributed by atoms with Gasteiger partial charge in [0.05, 0.1) is 4.92 Å². The van der Waals surface area contributed by atoms with Crippen molar-refractivity contribution in [3.63, 3.8) is 0 Å². The van der Waals surface area contributed by atoms with Crippen LogP contribution in [0.2, 0.25) is 0 Å². The van der Waals surface area contributed by atoms with Crippen LogP contribution in [-0.4, -0.2) is 22.1 Å². The number of hydrogen-bond donors (Lipinski definition) is 1. The van der Waals surface area contributed by atoms with Crippen molar-refractivity contribution in [2.24, 2.45) is 0 Å². The van der Waals surface area contributed by atoms with Gasteiger partial charge < -0.3 is 9.84 Å². The Bertz CT molecular complexity index is 606. The summed E-state index contributed by atoms with van der Waals surface area (Å²) in [7, 11) is 0. The molecule has 1 aromatic rings. The Kier molecular flexibility index (Phi) is 4.71. The van der Waals surface area contributed by atoms with Crippen molar-refractivity contribution >= 4 is 17.7 Å². The molecular weight excluding hydrogens is 274 g/mol. The summed E-state index contributed by atoms with van der Waals surface area (Å²) in [5, 5.41) is 19.5. The van der Waals surface area contributed by atoms with Gasteiger partial charge in [0, 0.05) is 23.8 Å². The zero-order chi connectivity index (χ0) is 15.2. The topological polar surface area (TPSA) is 89.7 Å². The van der Waals surface area contributed by atoms with Crippen LogP contribution in [0, 0.1) is 10.1 Å². The van der Waals surface area contributed by atoms with Crippen LogP contribution < -0.4 is 4.74 Å². The molecule has 1 N–H and O–H groups in total. The second kappa shape index (κ2) is 6.69. The number of aliphatic carboxylic acids is 1. The van der Waals surface area contributed by atoms with Crippen molar-refractivity contribution in [3.05, 3.63) is 52.1 Å². The maximum Gasteiger partial charge on any atom is 0.328 e. The van der Waals surface area contributed by atoms with E-state index in [1.165, 1.54) is 24.3 Å². The van der Waals surface area contributed by atoms with Gasteiger partial charge in [-0.25, -0.2) is 4.79 Å². The predicted octanol–water partition coefficient (Wildman–Crippen LogP) is 3.18. The van der Waals surface area contributed by atoms with Crippen molar-refractivity contribution in [3.8, 4) is 5.75 Å². The third kappa shape index (κ3) is 4.17. The molecule has 1 unspecified atom stereocenters. The van der Waals surface area contributed by atoms with E-state index in [9.17, 15) is 14.9 Å². The van der Waals surface area contributed by atoms with E-state index in [0.29, 0.717) is 11.3 Å². The van der Waals surface area contributed by atoms with Crippen molar-refractivity contribution < 1.29 is 19.6 Å². The highest BCUT2D eigenvalue weighted by Gasteiger charge is 2.15. The standard InChI is InChI=1S/C15H15NO5/c17-15(18)9-6-11-10-12(16(19)20)7-8-14(11)21-13-4-2-1-3-5-13/h2,4,6-10,13H,1,3,5H2,(H,17,18)/b9-6+. The Balaban J connectivity index is 2.29. The van der Waals surface area contributed by atoms with E-state index in [0.717, 1.165) is 25.3 Å². The van der Waals surface area contributed by atoms with E-state index in [1.54, 1.807) is 0 Å². The lowest BCUT2D eigenvalue weighted by Crippen LogP contribution is -2.16. The minimum Gasteiger partial charge on any atom is -0.486 e. The Morgan fingerprint density at radius 1 is 1.48 bits per heavy atom. The van der Waals surface area contributed by atoms with E-state index in [-0.39, 0.29) is 11.8 Å². The monoisotopic (exact) mass is 289 g/mol. The summed E-state index contributed by atoms with van der Waals surface area (Å²) in [6.07, 6.45) is 9.05. The molecular formula is C15H15NO5. The van der Waals surface area contributed by atoms with Gasteiger partial charge in [0.15, 0.2) is 0 Å². The zero-order valence-corrected chi connectivity index (χ0v) is 11.3. The van der Waals surface area contributed by atoms with E-state index in [2.05, 4.69) is 0 Å². The molecule has 0 bridgehead atoms. The molecule has 0 fully saturated rings. The van der Waals surface area contributed by atoms with Gasteiger partial charge in [-0.15, -0.1) is 0 Å². The summed E-state index contributed by atoms with van der Waals surface area (Å²) < 4.78 is 5.80. The second-order valence-electron chi connectivity index (χ2n) is 4.67. The van der Waals surface area contributed by atoms with Crippen molar-refractivity contribution in [1.82, 2.24) is 0 Å². The number of allylic oxidation sites excluding steroid dienone is 1. The maximum absolute atomic E-state index is 10.8. The van der Waals surface area contributed by atoms with Crippen LogP contribution in [0.15, 0.2) is 36.4 Å². The number of benzene rings is 1. The molecule has 0 radical (unpaired) electrons. The average Bonchev–Trinajstić information content (AvgIpc) is 2.47. The molecule has 0 heterocycles. The molecule has 0 saturated carbocycles. The van der Waals surface area contributed by atoms with Crippen molar-refractivity contribution in [2.75, 3.05) is 0 Å². The third-order valence-electron chi connectivity index (χ3n) is 3.10. The first kappa shape index (κ1) is 14.8. The Labute approximate surface area is 121 Å². The normalized spacial score (nSPS) is 17.8. The molecule has 1 aliphatic rings. The lowest BCUT2D eigenvalue weighted by atomic mass is 10.1. The highest BCUT2D eigenvalue weighted by molar-refractivity contribution is 5.86. The number of non-ortho nitro benzene ring substituents is 1. The maximum atomic E-state index is 10.8. The lowest BCUT2D eigenvalue weighted by Gasteiger charge is -2.19. The van der Waals surface area contributed by atoms with Gasteiger partial charge in [-0.2, -0.15) is 0 Å². The summed E-state index contributed by atoms with van der Waals surface area (Å²) in [5.41, 5.74) is 0.275. The molecule has 6 heteroatoms. The van der Waals surface area contributed by atoms with Gasteiger partial charge in [-0.1, -0.05) is 6.08 Å². The van der Waals surface area contributed by atoms with Crippen LogP contribution in [-0.2, 0) is 4.79 Å². The molecule has 0 aromatic heterocycles. The number of rotatable bonds is 5. The van der Waals surface area contributed by atoms with Crippen LogP contribution >= 0.6 is 0 Å². The van der Waals surface area contributed by atoms with Crippen LogP contribution in [0.1, 0.15) is 24.8 Å². The minimum absolute atomic E-state index is 0.0859. The Morgan fingerprint density at radius 3 is 2.90 bits per heavy atom. The van der Waals surface area contributed by atoms with Crippen molar-refractivity contribution in [2.45, 2.75) is 25.4 Å². The number of nitrogens with zero attached hydrogens (tertiary/aromatic N) is 1. The zero-order valence-electron chi connectivity index (χ0n) is 11.3. The predicted molar refractivity (Wildman–Crippen MR) is 77.2 cm³/mol. The molecule has 0 aliphatic heterocycles. The highest BCUT2D eigenvalue weighted by atomic mass is 16.6. The summed E-state index contributed by atoms with van der Waals surface area (Å²) in [6, 6.07) is 4.16. The first-order valence-electron chi connectivity index (χ1n) is 6.59. The van der Waals surface area contributed by atoms with E-state index in [1.807, 2.05) is 12.2 Å². The first-order chi connectivity index (χ1) is 10.1. The van der Waals surface area contributed by atoms with E-state index < -0.39 is 10.9 Å². The number of carboxylic acid groups (broad SMARTS) is 1. The summed E-state index contributed by atoms with van der Waals surface area (Å²) >= 11 is 0. The lowest BCUT2D eigenvalue weighted by molar-refractivity contribution is -0.384. The fraction of sp³-hybridized carbons (Fsp3) is 0.267. The molecule has 0 amide bonds. The SMILES string of the molecule is O=C(O)/C=C/c1cc([N+](=O)[O-])ccc1OC1C=CCCC1. The molecule has 0 saturated heterocycles. The minimum atomic E-state index is -1.12. The molecule has 21 heavy (non-hydrogen) atoms. The molecule has 6 nitrogen and oxygen atoms in total. The van der Waals surface area contributed by atoms with E-state index in [4.69, 9.17) is 9.84 Å². The fourth-order valence-electron chi connectivity index (χ4n) is 2.09. The summed E-state index contributed by atoms with van der Waals surface area (Å²) in [4.78, 5) is 20.9. The van der Waals surface area contributed by atoms with Crippen LogP contribution in [0.25, 0.3) is 6.08 Å². The molecule has 110 valence electrons. The molecule has 1 atom stereocenters. The van der Waals surface area contributed by atoms with E-state index >= 15 is 0 Å².